The van der Waals surface area contributed by atoms with E-state index in [9.17, 15) is 9.59 Å². The minimum absolute atomic E-state index is 0.108. The Morgan fingerprint density at radius 1 is 1.23 bits per heavy atom. The highest BCUT2D eigenvalue weighted by atomic mass is 16.5. The van der Waals surface area contributed by atoms with Crippen LogP contribution >= 0.6 is 0 Å². The second kappa shape index (κ2) is 6.92. The van der Waals surface area contributed by atoms with E-state index >= 15 is 0 Å². The maximum Gasteiger partial charge on any atom is 0.251 e. The summed E-state index contributed by atoms with van der Waals surface area (Å²) in [6.45, 7) is 7.04. The summed E-state index contributed by atoms with van der Waals surface area (Å²) in [5, 5.41) is 5.75. The molecule has 0 aliphatic carbocycles. The number of benzene rings is 1. The maximum absolute atomic E-state index is 12.2. The van der Waals surface area contributed by atoms with E-state index in [-0.39, 0.29) is 23.5 Å². The Morgan fingerprint density at radius 3 is 2.50 bits per heavy atom. The van der Waals surface area contributed by atoms with Gasteiger partial charge in [-0.15, -0.1) is 0 Å². The van der Waals surface area contributed by atoms with Crippen molar-refractivity contribution in [1.82, 2.24) is 10.6 Å². The highest BCUT2D eigenvalue weighted by Crippen LogP contribution is 2.12. The molecule has 1 unspecified atom stereocenters. The lowest BCUT2D eigenvalue weighted by Gasteiger charge is -2.20. The number of hydrogen-bond acceptors (Lipinski definition) is 3. The van der Waals surface area contributed by atoms with Crippen molar-refractivity contribution in [2.24, 2.45) is 0 Å². The van der Waals surface area contributed by atoms with Gasteiger partial charge in [0.15, 0.2) is 0 Å². The van der Waals surface area contributed by atoms with E-state index in [4.69, 9.17) is 4.74 Å². The van der Waals surface area contributed by atoms with Crippen molar-refractivity contribution in [2.45, 2.75) is 45.3 Å². The molecule has 22 heavy (non-hydrogen) atoms. The predicted octanol–water partition coefficient (Wildman–Crippen LogP) is 2.12. The van der Waals surface area contributed by atoms with Gasteiger partial charge < -0.3 is 15.4 Å². The van der Waals surface area contributed by atoms with Gasteiger partial charge in [-0.05, 0) is 51.8 Å². The Morgan fingerprint density at radius 2 is 1.91 bits per heavy atom. The van der Waals surface area contributed by atoms with E-state index in [0.717, 1.165) is 19.4 Å². The SMILES string of the molecule is CC(C)(C)NC(=O)c1cccc(C(=O)NCC2CCCO2)c1. The van der Waals surface area contributed by atoms with E-state index in [1.807, 2.05) is 20.8 Å². The average molecular weight is 304 g/mol. The first-order chi connectivity index (χ1) is 10.3. The molecule has 0 bridgehead atoms. The quantitative estimate of drug-likeness (QED) is 0.895. The van der Waals surface area contributed by atoms with Crippen LogP contribution < -0.4 is 10.6 Å². The van der Waals surface area contributed by atoms with Crippen LogP contribution in [-0.4, -0.2) is 36.6 Å². The van der Waals surface area contributed by atoms with Crippen molar-refractivity contribution in [3.05, 3.63) is 35.4 Å². The zero-order chi connectivity index (χ0) is 16.2. The van der Waals surface area contributed by atoms with Gasteiger partial charge in [-0.2, -0.15) is 0 Å². The summed E-state index contributed by atoms with van der Waals surface area (Å²) < 4.78 is 5.48. The van der Waals surface area contributed by atoms with Crippen molar-refractivity contribution in [3.8, 4) is 0 Å². The summed E-state index contributed by atoms with van der Waals surface area (Å²) in [6, 6.07) is 6.75. The van der Waals surface area contributed by atoms with Crippen molar-refractivity contribution in [2.75, 3.05) is 13.2 Å². The Balaban J connectivity index is 1.97. The molecule has 2 N–H and O–H groups in total. The van der Waals surface area contributed by atoms with Crippen LogP contribution in [0.3, 0.4) is 0 Å². The van der Waals surface area contributed by atoms with Gasteiger partial charge in [0.1, 0.15) is 0 Å². The van der Waals surface area contributed by atoms with Gasteiger partial charge in [0.25, 0.3) is 11.8 Å². The Labute approximate surface area is 131 Å². The molecule has 0 spiro atoms. The molecule has 1 heterocycles. The van der Waals surface area contributed by atoms with Gasteiger partial charge in [0, 0.05) is 29.8 Å². The minimum Gasteiger partial charge on any atom is -0.376 e. The lowest BCUT2D eigenvalue weighted by atomic mass is 10.1. The van der Waals surface area contributed by atoms with Crippen LogP contribution in [0.1, 0.15) is 54.3 Å². The summed E-state index contributed by atoms with van der Waals surface area (Å²) in [5.74, 6) is -0.359. The number of carbonyl (C=O) groups is 2. The number of ether oxygens (including phenoxy) is 1. The molecule has 1 aliphatic heterocycles. The molecule has 1 atom stereocenters. The second-order valence-electron chi connectivity index (χ2n) is 6.63. The number of rotatable bonds is 4. The molecule has 0 aromatic heterocycles. The topological polar surface area (TPSA) is 67.4 Å². The second-order valence-corrected chi connectivity index (χ2v) is 6.63. The van der Waals surface area contributed by atoms with Gasteiger partial charge >= 0.3 is 0 Å². The predicted molar refractivity (Wildman–Crippen MR) is 85.0 cm³/mol. The summed E-state index contributed by atoms with van der Waals surface area (Å²) in [7, 11) is 0. The highest BCUT2D eigenvalue weighted by Gasteiger charge is 2.18. The first-order valence-corrected chi connectivity index (χ1v) is 7.67. The van der Waals surface area contributed by atoms with Crippen LogP contribution in [0.15, 0.2) is 24.3 Å². The fourth-order valence-corrected chi connectivity index (χ4v) is 2.33. The molecule has 120 valence electrons. The fraction of sp³-hybridized carbons (Fsp3) is 0.529. The Kier molecular flexibility index (Phi) is 5.19. The lowest BCUT2D eigenvalue weighted by molar-refractivity contribution is 0.0858. The van der Waals surface area contributed by atoms with Crippen molar-refractivity contribution < 1.29 is 14.3 Å². The van der Waals surface area contributed by atoms with E-state index in [0.29, 0.717) is 17.7 Å². The van der Waals surface area contributed by atoms with Gasteiger partial charge in [0.2, 0.25) is 0 Å². The molecule has 5 heteroatoms. The number of carbonyl (C=O) groups excluding carboxylic acids is 2. The lowest BCUT2D eigenvalue weighted by Crippen LogP contribution is -2.40. The molecule has 0 saturated carbocycles. The zero-order valence-corrected chi connectivity index (χ0v) is 13.4. The Bertz CT molecular complexity index is 543. The van der Waals surface area contributed by atoms with Gasteiger partial charge in [0.05, 0.1) is 6.10 Å². The van der Waals surface area contributed by atoms with Crippen LogP contribution in [0.25, 0.3) is 0 Å². The molecule has 5 nitrogen and oxygen atoms in total. The van der Waals surface area contributed by atoms with E-state index < -0.39 is 0 Å². The average Bonchev–Trinajstić information content (AvgIpc) is 2.96. The first-order valence-electron chi connectivity index (χ1n) is 7.67. The van der Waals surface area contributed by atoms with Crippen LogP contribution in [0.4, 0.5) is 0 Å². The number of nitrogens with one attached hydrogen (secondary N) is 2. The molecule has 2 rings (SSSR count). The summed E-state index contributed by atoms with van der Waals surface area (Å²) >= 11 is 0. The van der Waals surface area contributed by atoms with E-state index in [2.05, 4.69) is 10.6 Å². The third-order valence-electron chi connectivity index (χ3n) is 3.39. The first kappa shape index (κ1) is 16.5. The van der Waals surface area contributed by atoms with Gasteiger partial charge in [-0.3, -0.25) is 9.59 Å². The Hall–Kier alpha value is -1.88. The van der Waals surface area contributed by atoms with Crippen LogP contribution in [0.2, 0.25) is 0 Å². The number of amides is 2. The number of hydrogen-bond donors (Lipinski definition) is 2. The minimum atomic E-state index is -0.310. The van der Waals surface area contributed by atoms with Crippen molar-refractivity contribution >= 4 is 11.8 Å². The molecule has 0 radical (unpaired) electrons. The third-order valence-corrected chi connectivity index (χ3v) is 3.39. The van der Waals surface area contributed by atoms with Crippen LogP contribution in [0, 0.1) is 0 Å². The molecule has 1 aliphatic rings. The normalized spacial score (nSPS) is 18.0. The molecule has 1 fully saturated rings. The van der Waals surface area contributed by atoms with Crippen molar-refractivity contribution in [1.29, 1.82) is 0 Å². The monoisotopic (exact) mass is 304 g/mol. The molecule has 2 amide bonds. The molecule has 1 saturated heterocycles. The zero-order valence-electron chi connectivity index (χ0n) is 13.4. The summed E-state index contributed by atoms with van der Waals surface area (Å²) in [4.78, 5) is 24.3. The van der Waals surface area contributed by atoms with Crippen LogP contribution in [-0.2, 0) is 4.74 Å². The largest absolute Gasteiger partial charge is 0.376 e. The molecular weight excluding hydrogens is 280 g/mol. The van der Waals surface area contributed by atoms with E-state index in [1.54, 1.807) is 24.3 Å². The van der Waals surface area contributed by atoms with Crippen LogP contribution in [0.5, 0.6) is 0 Å². The van der Waals surface area contributed by atoms with Gasteiger partial charge in [-0.25, -0.2) is 0 Å². The summed E-state index contributed by atoms with van der Waals surface area (Å²) in [5.41, 5.74) is 0.661. The highest BCUT2D eigenvalue weighted by molar-refractivity contribution is 5.99. The fourth-order valence-electron chi connectivity index (χ4n) is 2.33. The van der Waals surface area contributed by atoms with Gasteiger partial charge in [-0.1, -0.05) is 6.07 Å². The smallest absolute Gasteiger partial charge is 0.251 e. The van der Waals surface area contributed by atoms with Crippen molar-refractivity contribution in [3.63, 3.8) is 0 Å². The third kappa shape index (κ3) is 4.84. The molecule has 1 aromatic rings. The molecule has 1 aromatic carbocycles. The molecular formula is C17H24N2O3. The maximum atomic E-state index is 12.2. The van der Waals surface area contributed by atoms with E-state index in [1.165, 1.54) is 0 Å². The standard InChI is InChI=1S/C17H24N2O3/c1-17(2,3)19-16(21)13-7-4-6-12(10-13)15(20)18-11-14-8-5-9-22-14/h4,6-7,10,14H,5,8-9,11H2,1-3H3,(H,18,20)(H,19,21). The summed E-state index contributed by atoms with van der Waals surface area (Å²) in [6.07, 6.45) is 2.13.